The maximum Gasteiger partial charge on any atom is 0.0580 e. The molecule has 1 aliphatic heterocycles. The van der Waals surface area contributed by atoms with Crippen LogP contribution < -0.4 is 0 Å². The molecule has 0 amide bonds. The smallest absolute Gasteiger partial charge is 0.0580 e. The molecular weight excluding hydrogens is 248 g/mol. The highest BCUT2D eigenvalue weighted by molar-refractivity contribution is 5.21. The number of rotatable bonds is 7. The highest BCUT2D eigenvalue weighted by Crippen LogP contribution is 2.19. The first-order valence-corrected chi connectivity index (χ1v) is 8.09. The molecule has 2 heteroatoms. The molecule has 1 saturated heterocycles. The third kappa shape index (κ3) is 5.64. The molecule has 0 bridgehead atoms. The van der Waals surface area contributed by atoms with E-state index in [-0.39, 0.29) is 6.10 Å². The molecule has 1 aromatic carbocycles. The van der Waals surface area contributed by atoms with E-state index >= 15 is 0 Å². The van der Waals surface area contributed by atoms with Gasteiger partial charge in [-0.05, 0) is 51.0 Å². The van der Waals surface area contributed by atoms with Gasteiger partial charge in [0.25, 0.3) is 0 Å². The summed E-state index contributed by atoms with van der Waals surface area (Å²) in [5.41, 5.74) is 2.51. The second-order valence-electron chi connectivity index (χ2n) is 6.12. The van der Waals surface area contributed by atoms with Gasteiger partial charge in [0.05, 0.1) is 12.2 Å². The zero-order valence-corrected chi connectivity index (χ0v) is 12.7. The van der Waals surface area contributed by atoms with Gasteiger partial charge >= 0.3 is 0 Å². The average Bonchev–Trinajstić information content (AvgIpc) is 2.47. The molecule has 1 aromatic rings. The molecule has 0 saturated carbocycles. The Hall–Kier alpha value is -0.860. The third-order valence-electron chi connectivity index (χ3n) is 4.18. The second kappa shape index (κ2) is 8.43. The van der Waals surface area contributed by atoms with Crippen molar-refractivity contribution in [2.75, 3.05) is 6.61 Å². The molecule has 2 unspecified atom stereocenters. The van der Waals surface area contributed by atoms with Crippen molar-refractivity contribution >= 4 is 0 Å². The lowest BCUT2D eigenvalue weighted by Crippen LogP contribution is -2.19. The van der Waals surface area contributed by atoms with Crippen LogP contribution in [0.15, 0.2) is 24.3 Å². The van der Waals surface area contributed by atoms with E-state index in [0.717, 1.165) is 32.3 Å². The molecule has 1 heterocycles. The van der Waals surface area contributed by atoms with Crippen LogP contribution in [0.4, 0.5) is 0 Å². The molecule has 0 aliphatic carbocycles. The van der Waals surface area contributed by atoms with E-state index in [4.69, 9.17) is 4.74 Å². The lowest BCUT2D eigenvalue weighted by Gasteiger charge is -2.22. The maximum absolute atomic E-state index is 10.1. The molecule has 112 valence electrons. The monoisotopic (exact) mass is 276 g/mol. The number of aliphatic hydroxyl groups excluding tert-OH is 1. The first kappa shape index (κ1) is 15.5. The number of hydrogen-bond donors (Lipinski definition) is 1. The fraction of sp³-hybridized carbons (Fsp3) is 0.667. The van der Waals surface area contributed by atoms with Crippen molar-refractivity contribution in [1.29, 1.82) is 0 Å². The fourth-order valence-corrected chi connectivity index (χ4v) is 2.89. The maximum atomic E-state index is 10.1. The lowest BCUT2D eigenvalue weighted by molar-refractivity contribution is 0.00924. The van der Waals surface area contributed by atoms with E-state index in [2.05, 4.69) is 31.2 Å². The second-order valence-corrected chi connectivity index (χ2v) is 6.12. The highest BCUT2D eigenvalue weighted by atomic mass is 16.5. The van der Waals surface area contributed by atoms with Crippen molar-refractivity contribution in [3.63, 3.8) is 0 Å². The zero-order valence-electron chi connectivity index (χ0n) is 12.7. The van der Waals surface area contributed by atoms with E-state index in [1.54, 1.807) is 0 Å². The van der Waals surface area contributed by atoms with Crippen LogP contribution in [-0.4, -0.2) is 23.9 Å². The standard InChI is InChI=1S/C18H28O2/c1-15-9-11-16(12-10-15)14-17(19)6-2-3-7-18-8-4-5-13-20-18/h9-12,17-19H,2-8,13-14H2,1H3. The van der Waals surface area contributed by atoms with Gasteiger partial charge in [-0.25, -0.2) is 0 Å². The number of unbranched alkanes of at least 4 members (excludes halogenated alkanes) is 1. The Labute approximate surface area is 123 Å². The Morgan fingerprint density at radius 1 is 1.20 bits per heavy atom. The fourth-order valence-electron chi connectivity index (χ4n) is 2.89. The summed E-state index contributed by atoms with van der Waals surface area (Å²) in [7, 11) is 0. The number of hydrogen-bond acceptors (Lipinski definition) is 2. The quantitative estimate of drug-likeness (QED) is 0.762. The Bertz CT molecular complexity index is 366. The summed E-state index contributed by atoms with van der Waals surface area (Å²) in [4.78, 5) is 0. The largest absolute Gasteiger partial charge is 0.393 e. The van der Waals surface area contributed by atoms with Crippen LogP contribution >= 0.6 is 0 Å². The normalized spacial score (nSPS) is 20.8. The lowest BCUT2D eigenvalue weighted by atomic mass is 9.99. The predicted octanol–water partition coefficient (Wildman–Crippen LogP) is 4.03. The Balaban J connectivity index is 1.57. The summed E-state index contributed by atoms with van der Waals surface area (Å²) in [5.74, 6) is 0. The van der Waals surface area contributed by atoms with Gasteiger partial charge in [-0.15, -0.1) is 0 Å². The molecule has 2 rings (SSSR count). The minimum absolute atomic E-state index is 0.204. The summed E-state index contributed by atoms with van der Waals surface area (Å²) < 4.78 is 5.73. The molecule has 20 heavy (non-hydrogen) atoms. The molecule has 2 nitrogen and oxygen atoms in total. The highest BCUT2D eigenvalue weighted by Gasteiger charge is 2.13. The van der Waals surface area contributed by atoms with Crippen LogP contribution in [-0.2, 0) is 11.2 Å². The van der Waals surface area contributed by atoms with Crippen LogP contribution in [0, 0.1) is 6.92 Å². The molecule has 0 radical (unpaired) electrons. The van der Waals surface area contributed by atoms with Gasteiger partial charge in [0.1, 0.15) is 0 Å². The van der Waals surface area contributed by atoms with Gasteiger partial charge in [0.2, 0.25) is 0 Å². The number of aryl methyl sites for hydroxylation is 1. The van der Waals surface area contributed by atoms with Crippen LogP contribution in [0.2, 0.25) is 0 Å². The Morgan fingerprint density at radius 2 is 2.00 bits per heavy atom. The number of ether oxygens (including phenoxy) is 1. The number of benzene rings is 1. The topological polar surface area (TPSA) is 29.5 Å². The van der Waals surface area contributed by atoms with E-state index in [9.17, 15) is 5.11 Å². The third-order valence-corrected chi connectivity index (χ3v) is 4.18. The molecule has 1 N–H and O–H groups in total. The van der Waals surface area contributed by atoms with Crippen molar-refractivity contribution in [2.24, 2.45) is 0 Å². The molecule has 2 atom stereocenters. The van der Waals surface area contributed by atoms with E-state index in [1.165, 1.54) is 36.8 Å². The van der Waals surface area contributed by atoms with Gasteiger partial charge in [-0.3, -0.25) is 0 Å². The van der Waals surface area contributed by atoms with Crippen molar-refractivity contribution in [2.45, 2.75) is 70.5 Å². The van der Waals surface area contributed by atoms with Crippen molar-refractivity contribution < 1.29 is 9.84 Å². The van der Waals surface area contributed by atoms with Crippen LogP contribution in [0.1, 0.15) is 56.1 Å². The first-order chi connectivity index (χ1) is 9.74. The summed E-state index contributed by atoms with van der Waals surface area (Å²) >= 11 is 0. The van der Waals surface area contributed by atoms with Gasteiger partial charge < -0.3 is 9.84 Å². The summed E-state index contributed by atoms with van der Waals surface area (Å²) in [6, 6.07) is 8.47. The zero-order chi connectivity index (χ0) is 14.2. The SMILES string of the molecule is Cc1ccc(CC(O)CCCCC2CCCCO2)cc1. The first-order valence-electron chi connectivity index (χ1n) is 8.09. The minimum atomic E-state index is -0.204. The van der Waals surface area contributed by atoms with Crippen molar-refractivity contribution in [3.05, 3.63) is 35.4 Å². The molecule has 1 aliphatic rings. The summed E-state index contributed by atoms with van der Waals surface area (Å²) in [6.07, 6.45) is 9.18. The Kier molecular flexibility index (Phi) is 6.55. The van der Waals surface area contributed by atoms with Gasteiger partial charge in [0, 0.05) is 6.61 Å². The van der Waals surface area contributed by atoms with Crippen LogP contribution in [0.25, 0.3) is 0 Å². The molecular formula is C18H28O2. The Morgan fingerprint density at radius 3 is 2.70 bits per heavy atom. The van der Waals surface area contributed by atoms with Crippen molar-refractivity contribution in [1.82, 2.24) is 0 Å². The average molecular weight is 276 g/mol. The summed E-state index contributed by atoms with van der Waals surface area (Å²) in [6.45, 7) is 3.04. The summed E-state index contributed by atoms with van der Waals surface area (Å²) in [5, 5.41) is 10.1. The van der Waals surface area contributed by atoms with Crippen LogP contribution in [0.3, 0.4) is 0 Å². The van der Waals surface area contributed by atoms with Crippen molar-refractivity contribution in [3.8, 4) is 0 Å². The van der Waals surface area contributed by atoms with Gasteiger partial charge in [-0.1, -0.05) is 42.7 Å². The molecule has 0 spiro atoms. The predicted molar refractivity (Wildman–Crippen MR) is 82.9 cm³/mol. The van der Waals surface area contributed by atoms with E-state index in [0.29, 0.717) is 6.10 Å². The van der Waals surface area contributed by atoms with E-state index < -0.39 is 0 Å². The molecule has 1 fully saturated rings. The van der Waals surface area contributed by atoms with Gasteiger partial charge in [0.15, 0.2) is 0 Å². The molecule has 0 aromatic heterocycles. The number of aliphatic hydroxyl groups is 1. The van der Waals surface area contributed by atoms with Gasteiger partial charge in [-0.2, -0.15) is 0 Å². The van der Waals surface area contributed by atoms with Crippen LogP contribution in [0.5, 0.6) is 0 Å². The van der Waals surface area contributed by atoms with E-state index in [1.807, 2.05) is 0 Å². The minimum Gasteiger partial charge on any atom is -0.393 e.